The minimum Gasteiger partial charge on any atom is -0.321 e. The van der Waals surface area contributed by atoms with Gasteiger partial charge in [0, 0.05) is 13.1 Å². The summed E-state index contributed by atoms with van der Waals surface area (Å²) in [6.45, 7) is 1.78. The van der Waals surface area contributed by atoms with Gasteiger partial charge in [-0.2, -0.15) is 5.26 Å². The molecule has 2 rings (SSSR count). The summed E-state index contributed by atoms with van der Waals surface area (Å²) < 4.78 is 0. The Morgan fingerprint density at radius 3 is 2.88 bits per heavy atom. The smallest absolute Gasteiger partial charge is 0.146 e. The second kappa shape index (κ2) is 4.29. The minimum atomic E-state index is 0.394. The van der Waals surface area contributed by atoms with Gasteiger partial charge in [-0.15, -0.1) is 11.3 Å². The fraction of sp³-hybridized carbons (Fsp3) is 0.182. The van der Waals surface area contributed by atoms with Crippen LogP contribution in [0.5, 0.6) is 0 Å². The first-order chi connectivity index (χ1) is 7.70. The third-order valence-electron chi connectivity index (χ3n) is 2.12. The van der Waals surface area contributed by atoms with Crippen LogP contribution >= 0.6 is 11.3 Å². The van der Waals surface area contributed by atoms with Crippen LogP contribution in [0.3, 0.4) is 0 Å². The number of aromatic nitrogens is 2. The summed E-state index contributed by atoms with van der Waals surface area (Å²) in [7, 11) is 1.93. The second-order valence-electron chi connectivity index (χ2n) is 3.28. The Hall–Kier alpha value is -1.93. The van der Waals surface area contributed by atoms with Crippen molar-refractivity contribution >= 4 is 22.2 Å². The van der Waals surface area contributed by atoms with E-state index in [0.29, 0.717) is 11.5 Å². The SMILES string of the molecule is Cc1nc(C#N)cc(N(C)c2cccs2)n1. The average Bonchev–Trinajstić information content (AvgIpc) is 2.80. The first-order valence-corrected chi connectivity index (χ1v) is 5.61. The van der Waals surface area contributed by atoms with Crippen molar-refractivity contribution in [1.29, 1.82) is 5.26 Å². The highest BCUT2D eigenvalue weighted by molar-refractivity contribution is 7.14. The topological polar surface area (TPSA) is 52.8 Å². The van der Waals surface area contributed by atoms with Gasteiger partial charge in [0.2, 0.25) is 0 Å². The zero-order valence-corrected chi connectivity index (χ0v) is 9.82. The molecule has 0 aliphatic carbocycles. The van der Waals surface area contributed by atoms with Gasteiger partial charge in [-0.3, -0.25) is 0 Å². The highest BCUT2D eigenvalue weighted by Crippen LogP contribution is 2.26. The van der Waals surface area contributed by atoms with Crippen LogP contribution in [0.2, 0.25) is 0 Å². The normalized spacial score (nSPS) is 9.81. The number of nitriles is 1. The van der Waals surface area contributed by atoms with Crippen molar-refractivity contribution in [3.8, 4) is 6.07 Å². The molecule has 0 N–H and O–H groups in total. The number of thiophene rings is 1. The summed E-state index contributed by atoms with van der Waals surface area (Å²) in [5.41, 5.74) is 0.394. The Morgan fingerprint density at radius 1 is 1.44 bits per heavy atom. The van der Waals surface area contributed by atoms with Crippen molar-refractivity contribution in [2.24, 2.45) is 0 Å². The first-order valence-electron chi connectivity index (χ1n) is 4.73. The van der Waals surface area contributed by atoms with Gasteiger partial charge in [-0.05, 0) is 24.4 Å². The monoisotopic (exact) mass is 230 g/mol. The molecule has 16 heavy (non-hydrogen) atoms. The Balaban J connectivity index is 2.41. The van der Waals surface area contributed by atoms with Crippen LogP contribution in [-0.4, -0.2) is 17.0 Å². The molecule has 80 valence electrons. The maximum absolute atomic E-state index is 8.84. The number of nitrogens with zero attached hydrogens (tertiary/aromatic N) is 4. The van der Waals surface area contributed by atoms with Gasteiger partial charge in [0.15, 0.2) is 0 Å². The summed E-state index contributed by atoms with van der Waals surface area (Å²) >= 11 is 1.63. The van der Waals surface area contributed by atoms with E-state index in [9.17, 15) is 0 Å². The molecule has 2 aromatic rings. The van der Waals surface area contributed by atoms with Crippen molar-refractivity contribution in [3.63, 3.8) is 0 Å². The Bertz CT molecular complexity index is 527. The van der Waals surface area contributed by atoms with E-state index in [2.05, 4.69) is 9.97 Å². The summed E-state index contributed by atoms with van der Waals surface area (Å²) in [5.74, 6) is 1.35. The third-order valence-corrected chi connectivity index (χ3v) is 3.06. The fourth-order valence-electron chi connectivity index (χ4n) is 1.35. The first kappa shape index (κ1) is 10.6. The highest BCUT2D eigenvalue weighted by atomic mass is 32.1. The molecule has 0 fully saturated rings. The summed E-state index contributed by atoms with van der Waals surface area (Å²) in [5, 5.41) is 11.9. The number of hydrogen-bond acceptors (Lipinski definition) is 5. The van der Waals surface area contributed by atoms with Crippen molar-refractivity contribution in [3.05, 3.63) is 35.1 Å². The predicted molar refractivity (Wildman–Crippen MR) is 63.9 cm³/mol. The van der Waals surface area contributed by atoms with Crippen LogP contribution in [0.25, 0.3) is 0 Å². The van der Waals surface area contributed by atoms with E-state index in [1.54, 1.807) is 24.3 Å². The molecule has 0 atom stereocenters. The quantitative estimate of drug-likeness (QED) is 0.795. The standard InChI is InChI=1S/C11H10N4S/c1-8-13-9(7-12)6-10(14-8)15(2)11-4-3-5-16-11/h3-6H,1-2H3. The van der Waals surface area contributed by atoms with E-state index >= 15 is 0 Å². The van der Waals surface area contributed by atoms with Crippen LogP contribution in [0.1, 0.15) is 11.5 Å². The van der Waals surface area contributed by atoms with Gasteiger partial charge >= 0.3 is 0 Å². The molecule has 0 aliphatic heterocycles. The van der Waals surface area contributed by atoms with Gasteiger partial charge in [-0.1, -0.05) is 0 Å². The molecule has 0 aromatic carbocycles. The predicted octanol–water partition coefficient (Wildman–Crippen LogP) is 2.49. The molecule has 0 saturated carbocycles. The van der Waals surface area contributed by atoms with Crippen molar-refractivity contribution in [1.82, 2.24) is 9.97 Å². The molecule has 2 heterocycles. The summed E-state index contributed by atoms with van der Waals surface area (Å²) in [6.07, 6.45) is 0. The summed E-state index contributed by atoms with van der Waals surface area (Å²) in [6, 6.07) is 7.71. The highest BCUT2D eigenvalue weighted by Gasteiger charge is 2.08. The van der Waals surface area contributed by atoms with Crippen molar-refractivity contribution in [2.45, 2.75) is 6.92 Å². The number of anilines is 2. The molecule has 0 amide bonds. The molecule has 0 spiro atoms. The zero-order valence-electron chi connectivity index (χ0n) is 9.01. The molecule has 0 radical (unpaired) electrons. The fourth-order valence-corrected chi connectivity index (χ4v) is 2.06. The Morgan fingerprint density at radius 2 is 2.25 bits per heavy atom. The second-order valence-corrected chi connectivity index (χ2v) is 4.21. The molecule has 5 heteroatoms. The van der Waals surface area contributed by atoms with Crippen LogP contribution in [0.4, 0.5) is 10.8 Å². The summed E-state index contributed by atoms with van der Waals surface area (Å²) in [4.78, 5) is 10.3. The zero-order chi connectivity index (χ0) is 11.5. The molecule has 2 aromatic heterocycles. The third kappa shape index (κ3) is 2.02. The van der Waals surface area contributed by atoms with Gasteiger partial charge in [0.25, 0.3) is 0 Å². The van der Waals surface area contributed by atoms with Gasteiger partial charge in [0.1, 0.15) is 23.4 Å². The van der Waals surface area contributed by atoms with Gasteiger partial charge in [0.05, 0.1) is 5.00 Å². The van der Waals surface area contributed by atoms with E-state index in [1.807, 2.05) is 35.5 Å². The Kier molecular flexibility index (Phi) is 2.84. The lowest BCUT2D eigenvalue weighted by molar-refractivity contribution is 1.00. The molecule has 0 unspecified atom stereocenters. The van der Waals surface area contributed by atoms with Crippen LogP contribution in [0, 0.1) is 18.3 Å². The van der Waals surface area contributed by atoms with Crippen LogP contribution < -0.4 is 4.90 Å². The van der Waals surface area contributed by atoms with Crippen LogP contribution in [-0.2, 0) is 0 Å². The minimum absolute atomic E-state index is 0.394. The molecule has 0 aliphatic rings. The van der Waals surface area contributed by atoms with E-state index in [-0.39, 0.29) is 0 Å². The molecular weight excluding hydrogens is 220 g/mol. The molecule has 0 bridgehead atoms. The van der Waals surface area contributed by atoms with E-state index < -0.39 is 0 Å². The average molecular weight is 230 g/mol. The molecule has 4 nitrogen and oxygen atoms in total. The maximum Gasteiger partial charge on any atom is 0.146 e. The van der Waals surface area contributed by atoms with Gasteiger partial charge < -0.3 is 4.90 Å². The number of hydrogen-bond donors (Lipinski definition) is 0. The molecular formula is C11H10N4S. The maximum atomic E-state index is 8.84. The largest absolute Gasteiger partial charge is 0.321 e. The lowest BCUT2D eigenvalue weighted by Crippen LogP contribution is -2.11. The Labute approximate surface area is 97.8 Å². The van der Waals surface area contributed by atoms with Crippen molar-refractivity contribution < 1.29 is 0 Å². The number of aryl methyl sites for hydroxylation is 1. The van der Waals surface area contributed by atoms with Crippen LogP contribution in [0.15, 0.2) is 23.6 Å². The van der Waals surface area contributed by atoms with E-state index in [4.69, 9.17) is 5.26 Å². The van der Waals surface area contributed by atoms with E-state index in [0.717, 1.165) is 10.8 Å². The van der Waals surface area contributed by atoms with Gasteiger partial charge in [-0.25, -0.2) is 9.97 Å². The van der Waals surface area contributed by atoms with Crippen molar-refractivity contribution in [2.75, 3.05) is 11.9 Å². The lowest BCUT2D eigenvalue weighted by Gasteiger charge is -2.16. The van der Waals surface area contributed by atoms with E-state index in [1.165, 1.54) is 0 Å². The number of rotatable bonds is 2. The molecule has 0 saturated heterocycles. The lowest BCUT2D eigenvalue weighted by atomic mass is 10.4.